The minimum absolute atomic E-state index is 0.00593. The van der Waals surface area contributed by atoms with E-state index < -0.39 is 0 Å². The molecule has 0 amide bonds. The topological polar surface area (TPSA) is 77.8 Å². The van der Waals surface area contributed by atoms with E-state index in [1.54, 1.807) is 18.2 Å². The second kappa shape index (κ2) is 5.56. The van der Waals surface area contributed by atoms with E-state index in [4.69, 9.17) is 19.6 Å². The molecule has 0 spiro atoms. The van der Waals surface area contributed by atoms with E-state index in [1.807, 2.05) is 13.8 Å². The van der Waals surface area contributed by atoms with Gasteiger partial charge < -0.3 is 24.7 Å². The largest absolute Gasteiger partial charge is 0.504 e. The van der Waals surface area contributed by atoms with Crippen molar-refractivity contribution in [3.8, 4) is 28.4 Å². The standard InChI is InChI=1S/C14H17NO4/c1-3-17-10-5-9(6-11(7-10)18-4-2)13-12(16)8-19-14(13)15/h5-8,16H,3-4,15H2,1-2H3. The number of hydrogen-bond donors (Lipinski definition) is 2. The molecule has 3 N–H and O–H groups in total. The van der Waals surface area contributed by atoms with Gasteiger partial charge >= 0.3 is 0 Å². The lowest BCUT2D eigenvalue weighted by Gasteiger charge is -2.10. The van der Waals surface area contributed by atoms with Crippen molar-refractivity contribution in [2.75, 3.05) is 18.9 Å². The summed E-state index contributed by atoms with van der Waals surface area (Å²) in [5.74, 6) is 1.47. The van der Waals surface area contributed by atoms with E-state index in [1.165, 1.54) is 6.26 Å². The molecule has 5 nitrogen and oxygen atoms in total. The number of benzene rings is 1. The van der Waals surface area contributed by atoms with Crippen molar-refractivity contribution in [3.63, 3.8) is 0 Å². The summed E-state index contributed by atoms with van der Waals surface area (Å²) in [6.07, 6.45) is 1.21. The normalized spacial score (nSPS) is 10.4. The number of nitrogens with two attached hydrogens (primary N) is 1. The van der Waals surface area contributed by atoms with Crippen molar-refractivity contribution in [1.82, 2.24) is 0 Å². The van der Waals surface area contributed by atoms with Gasteiger partial charge in [0.2, 0.25) is 5.88 Å². The maximum atomic E-state index is 9.77. The minimum Gasteiger partial charge on any atom is -0.504 e. The smallest absolute Gasteiger partial charge is 0.201 e. The molecule has 102 valence electrons. The lowest BCUT2D eigenvalue weighted by molar-refractivity contribution is 0.323. The summed E-state index contributed by atoms with van der Waals surface area (Å²) in [4.78, 5) is 0. The molecule has 0 radical (unpaired) electrons. The van der Waals surface area contributed by atoms with Crippen molar-refractivity contribution in [2.24, 2.45) is 0 Å². The molecule has 0 bridgehead atoms. The highest BCUT2D eigenvalue weighted by molar-refractivity contribution is 5.80. The van der Waals surface area contributed by atoms with Crippen LogP contribution in [0.1, 0.15) is 13.8 Å². The van der Waals surface area contributed by atoms with E-state index in [-0.39, 0.29) is 11.6 Å². The quantitative estimate of drug-likeness (QED) is 0.866. The van der Waals surface area contributed by atoms with E-state index in [2.05, 4.69) is 0 Å². The average molecular weight is 263 g/mol. The second-order valence-electron chi connectivity index (χ2n) is 3.92. The number of rotatable bonds is 5. The number of anilines is 1. The minimum atomic E-state index is -0.00593. The number of aromatic hydroxyl groups is 1. The molecule has 2 rings (SSSR count). The number of furan rings is 1. The molecule has 0 atom stereocenters. The Kier molecular flexibility index (Phi) is 3.85. The van der Waals surface area contributed by atoms with Gasteiger partial charge in [-0.2, -0.15) is 0 Å². The van der Waals surface area contributed by atoms with E-state index in [0.717, 1.165) is 0 Å². The fourth-order valence-electron chi connectivity index (χ4n) is 1.87. The van der Waals surface area contributed by atoms with Gasteiger partial charge in [-0.1, -0.05) is 0 Å². The third-order valence-corrected chi connectivity index (χ3v) is 2.59. The molecule has 0 aliphatic carbocycles. The van der Waals surface area contributed by atoms with Crippen LogP contribution in [-0.2, 0) is 0 Å². The SMILES string of the molecule is CCOc1cc(OCC)cc(-c2c(O)coc2N)c1. The van der Waals surface area contributed by atoms with Crippen LogP contribution in [0.3, 0.4) is 0 Å². The zero-order valence-electron chi connectivity index (χ0n) is 11.0. The third-order valence-electron chi connectivity index (χ3n) is 2.59. The molecule has 5 heteroatoms. The van der Waals surface area contributed by atoms with Gasteiger partial charge in [0.25, 0.3) is 0 Å². The third kappa shape index (κ3) is 2.76. The van der Waals surface area contributed by atoms with Gasteiger partial charge in [0.15, 0.2) is 5.75 Å². The van der Waals surface area contributed by atoms with Crippen molar-refractivity contribution in [1.29, 1.82) is 0 Å². The van der Waals surface area contributed by atoms with Crippen molar-refractivity contribution in [2.45, 2.75) is 13.8 Å². The summed E-state index contributed by atoms with van der Waals surface area (Å²) in [5.41, 5.74) is 6.85. The Morgan fingerprint density at radius 1 is 1.11 bits per heavy atom. The van der Waals surface area contributed by atoms with Crippen LogP contribution in [0.5, 0.6) is 17.2 Å². The Bertz CT molecular complexity index is 519. The van der Waals surface area contributed by atoms with Crippen LogP contribution in [0.25, 0.3) is 11.1 Å². The van der Waals surface area contributed by atoms with Crippen molar-refractivity contribution < 1.29 is 19.0 Å². The first-order valence-corrected chi connectivity index (χ1v) is 6.12. The molecule has 1 aromatic heterocycles. The molecule has 0 aliphatic rings. The van der Waals surface area contributed by atoms with Crippen molar-refractivity contribution >= 4 is 5.88 Å². The van der Waals surface area contributed by atoms with Crippen LogP contribution in [0.15, 0.2) is 28.9 Å². The average Bonchev–Trinajstić information content (AvgIpc) is 2.69. The first-order valence-electron chi connectivity index (χ1n) is 6.12. The highest BCUT2D eigenvalue weighted by Crippen LogP contribution is 2.39. The lowest BCUT2D eigenvalue weighted by Crippen LogP contribution is -1.96. The summed E-state index contributed by atoms with van der Waals surface area (Å²) in [7, 11) is 0. The Morgan fingerprint density at radius 3 is 2.11 bits per heavy atom. The zero-order chi connectivity index (χ0) is 13.8. The first kappa shape index (κ1) is 13.1. The summed E-state index contributed by atoms with van der Waals surface area (Å²) >= 11 is 0. The molecule has 1 heterocycles. The van der Waals surface area contributed by atoms with Crippen LogP contribution in [0, 0.1) is 0 Å². The summed E-state index contributed by atoms with van der Waals surface area (Å²) in [5, 5.41) is 9.77. The molecular formula is C14H17NO4. The van der Waals surface area contributed by atoms with Gasteiger partial charge in [-0.25, -0.2) is 0 Å². The predicted octanol–water partition coefficient (Wildman–Crippen LogP) is 3.03. The number of nitrogen functional groups attached to an aromatic ring is 1. The number of ether oxygens (including phenoxy) is 2. The van der Waals surface area contributed by atoms with Crippen molar-refractivity contribution in [3.05, 3.63) is 24.5 Å². The highest BCUT2D eigenvalue weighted by Gasteiger charge is 2.15. The summed E-state index contributed by atoms with van der Waals surface area (Å²) in [6.45, 7) is 4.89. The van der Waals surface area contributed by atoms with Gasteiger partial charge in [-0.3, -0.25) is 0 Å². The zero-order valence-corrected chi connectivity index (χ0v) is 11.0. The van der Waals surface area contributed by atoms with Gasteiger partial charge in [0.05, 0.1) is 18.8 Å². The maximum absolute atomic E-state index is 9.77. The van der Waals surface area contributed by atoms with E-state index in [0.29, 0.717) is 35.8 Å². The Balaban J connectivity index is 2.49. The lowest BCUT2D eigenvalue weighted by atomic mass is 10.1. The first-order chi connectivity index (χ1) is 9.15. The predicted molar refractivity (Wildman–Crippen MR) is 72.6 cm³/mol. The Morgan fingerprint density at radius 2 is 1.68 bits per heavy atom. The Hall–Kier alpha value is -2.30. The molecule has 0 aliphatic heterocycles. The molecule has 0 saturated carbocycles. The van der Waals surface area contributed by atoms with Crippen LogP contribution < -0.4 is 15.2 Å². The molecular weight excluding hydrogens is 246 g/mol. The van der Waals surface area contributed by atoms with Gasteiger partial charge in [0, 0.05) is 6.07 Å². The van der Waals surface area contributed by atoms with E-state index >= 15 is 0 Å². The van der Waals surface area contributed by atoms with Gasteiger partial charge in [0.1, 0.15) is 17.8 Å². The summed E-state index contributed by atoms with van der Waals surface area (Å²) < 4.78 is 16.0. The van der Waals surface area contributed by atoms with Crippen LogP contribution >= 0.6 is 0 Å². The molecule has 0 fully saturated rings. The van der Waals surface area contributed by atoms with E-state index in [9.17, 15) is 5.11 Å². The van der Waals surface area contributed by atoms with Gasteiger partial charge in [-0.15, -0.1) is 0 Å². The summed E-state index contributed by atoms with van der Waals surface area (Å²) in [6, 6.07) is 5.36. The van der Waals surface area contributed by atoms with Crippen LogP contribution in [0.4, 0.5) is 5.88 Å². The molecule has 1 aromatic carbocycles. The molecule has 0 unspecified atom stereocenters. The Labute approximate surface area is 111 Å². The fraction of sp³-hybridized carbons (Fsp3) is 0.286. The van der Waals surface area contributed by atoms with Gasteiger partial charge in [-0.05, 0) is 31.5 Å². The van der Waals surface area contributed by atoms with Crippen LogP contribution in [0.2, 0.25) is 0 Å². The maximum Gasteiger partial charge on any atom is 0.201 e. The second-order valence-corrected chi connectivity index (χ2v) is 3.92. The molecule has 2 aromatic rings. The molecule has 0 saturated heterocycles. The van der Waals surface area contributed by atoms with Crippen LogP contribution in [-0.4, -0.2) is 18.3 Å². The monoisotopic (exact) mass is 263 g/mol. The number of hydrogen-bond acceptors (Lipinski definition) is 5. The molecule has 19 heavy (non-hydrogen) atoms. The fourth-order valence-corrected chi connectivity index (χ4v) is 1.87. The highest BCUT2D eigenvalue weighted by atomic mass is 16.5.